The molecule has 0 aromatic rings. The van der Waals surface area contributed by atoms with Crippen molar-refractivity contribution in [3.63, 3.8) is 0 Å². The van der Waals surface area contributed by atoms with Crippen molar-refractivity contribution in [3.8, 4) is 0 Å². The van der Waals surface area contributed by atoms with Crippen LogP contribution in [-0.4, -0.2) is 50.1 Å². The quantitative estimate of drug-likeness (QED) is 0.483. The Morgan fingerprint density at radius 1 is 0.577 bits per heavy atom. The largest absolute Gasteiger partial charge is 0.375 e. The van der Waals surface area contributed by atoms with Crippen LogP contribution in [0.4, 0.5) is 17.6 Å². The minimum Gasteiger partial charge on any atom is -0.375 e. The van der Waals surface area contributed by atoms with Gasteiger partial charge in [-0.1, -0.05) is 26.2 Å². The molecular formula is C20H36F4O2. The zero-order chi connectivity index (χ0) is 19.5. The molecule has 5 unspecified atom stereocenters. The smallest absolute Gasteiger partial charge is 0.126 e. The first-order valence-electron chi connectivity index (χ1n) is 10.1. The predicted octanol–water partition coefficient (Wildman–Crippen LogP) is 5.92. The summed E-state index contributed by atoms with van der Waals surface area (Å²) in [5, 5.41) is 0. The standard InChI is InChI=1S/C7H12F2O.C5H9FO.C5H10.C3H5F/c1-5-2-6(8)3-7(9)4-10-5;1-4-2-5(6)3-7-4;1-5-3-2-4-5;4-3-1-2-3/h5-7H,2-4H2,1H3;4-5H,2-3H2,1H3;5H,2-4H2,1H3;3H,1-2H2. The van der Waals surface area contributed by atoms with E-state index >= 15 is 0 Å². The Bertz CT molecular complexity index is 331. The third kappa shape index (κ3) is 12.9. The van der Waals surface area contributed by atoms with Crippen LogP contribution < -0.4 is 0 Å². The van der Waals surface area contributed by atoms with Crippen LogP contribution in [0.1, 0.15) is 72.1 Å². The molecule has 156 valence electrons. The van der Waals surface area contributed by atoms with Gasteiger partial charge in [0.1, 0.15) is 24.7 Å². The van der Waals surface area contributed by atoms with E-state index in [0.717, 1.165) is 18.8 Å². The van der Waals surface area contributed by atoms with Crippen LogP contribution in [-0.2, 0) is 9.47 Å². The molecule has 0 bridgehead atoms. The first-order valence-corrected chi connectivity index (χ1v) is 10.1. The first-order chi connectivity index (χ1) is 12.3. The van der Waals surface area contributed by atoms with E-state index in [1.54, 1.807) is 6.92 Å². The highest BCUT2D eigenvalue weighted by molar-refractivity contribution is 4.71. The Morgan fingerprint density at radius 2 is 0.962 bits per heavy atom. The summed E-state index contributed by atoms with van der Waals surface area (Å²) in [4.78, 5) is 0. The van der Waals surface area contributed by atoms with Crippen molar-refractivity contribution in [2.45, 2.75) is 109 Å². The topological polar surface area (TPSA) is 18.5 Å². The van der Waals surface area contributed by atoms with Crippen molar-refractivity contribution in [2.24, 2.45) is 5.92 Å². The zero-order valence-electron chi connectivity index (χ0n) is 16.4. The molecule has 6 heteroatoms. The highest BCUT2D eigenvalue weighted by Gasteiger charge is 2.23. The third-order valence-corrected chi connectivity index (χ3v) is 4.71. The molecule has 0 aromatic carbocycles. The molecule has 2 heterocycles. The molecule has 2 aliphatic heterocycles. The van der Waals surface area contributed by atoms with Gasteiger partial charge in [-0.2, -0.15) is 0 Å². The normalized spacial score (nSPS) is 36.8. The Hall–Kier alpha value is -0.360. The van der Waals surface area contributed by atoms with Gasteiger partial charge in [0.15, 0.2) is 0 Å². The minimum absolute atomic E-state index is 0.00431. The molecule has 4 rings (SSSR count). The zero-order valence-corrected chi connectivity index (χ0v) is 16.4. The van der Waals surface area contributed by atoms with Crippen molar-refractivity contribution < 1.29 is 27.0 Å². The summed E-state index contributed by atoms with van der Waals surface area (Å²) < 4.78 is 58.1. The van der Waals surface area contributed by atoms with Gasteiger partial charge in [-0.05, 0) is 32.6 Å². The van der Waals surface area contributed by atoms with Crippen molar-refractivity contribution in [1.82, 2.24) is 0 Å². The molecule has 2 saturated heterocycles. The molecule has 2 nitrogen and oxygen atoms in total. The van der Waals surface area contributed by atoms with Gasteiger partial charge < -0.3 is 9.47 Å². The van der Waals surface area contributed by atoms with Gasteiger partial charge in [-0.3, -0.25) is 0 Å². The average Bonchev–Trinajstić information content (AvgIpc) is 3.25. The molecule has 0 aromatic heterocycles. The lowest BCUT2D eigenvalue weighted by atomic mass is 9.88. The second-order valence-corrected chi connectivity index (χ2v) is 8.00. The summed E-state index contributed by atoms with van der Waals surface area (Å²) in [6.45, 7) is 6.33. The summed E-state index contributed by atoms with van der Waals surface area (Å²) in [5.74, 6) is 1.06. The summed E-state index contributed by atoms with van der Waals surface area (Å²) in [6.07, 6.45) is 3.79. The maximum absolute atomic E-state index is 12.6. The van der Waals surface area contributed by atoms with Gasteiger partial charge in [0, 0.05) is 19.3 Å². The van der Waals surface area contributed by atoms with Gasteiger partial charge >= 0.3 is 0 Å². The molecule has 4 aliphatic rings. The van der Waals surface area contributed by atoms with Crippen molar-refractivity contribution in [3.05, 3.63) is 0 Å². The van der Waals surface area contributed by atoms with Crippen molar-refractivity contribution in [2.75, 3.05) is 13.2 Å². The first kappa shape index (κ1) is 23.7. The van der Waals surface area contributed by atoms with Crippen LogP contribution in [0.25, 0.3) is 0 Å². The summed E-state index contributed by atoms with van der Waals surface area (Å²) in [5.41, 5.74) is 0. The Balaban J connectivity index is 0.000000184. The van der Waals surface area contributed by atoms with Gasteiger partial charge in [-0.15, -0.1) is 0 Å². The van der Waals surface area contributed by atoms with E-state index < -0.39 is 24.7 Å². The van der Waals surface area contributed by atoms with Crippen LogP contribution in [0.2, 0.25) is 0 Å². The molecule has 2 saturated carbocycles. The second-order valence-electron chi connectivity index (χ2n) is 8.00. The van der Waals surface area contributed by atoms with E-state index in [9.17, 15) is 17.6 Å². The van der Waals surface area contributed by atoms with E-state index in [4.69, 9.17) is 9.47 Å². The van der Waals surface area contributed by atoms with E-state index in [2.05, 4.69) is 6.92 Å². The molecule has 4 fully saturated rings. The maximum Gasteiger partial charge on any atom is 0.126 e. The fourth-order valence-electron chi connectivity index (χ4n) is 2.58. The predicted molar refractivity (Wildman–Crippen MR) is 96.5 cm³/mol. The summed E-state index contributed by atoms with van der Waals surface area (Å²) >= 11 is 0. The fraction of sp³-hybridized carbons (Fsp3) is 1.00. The van der Waals surface area contributed by atoms with Gasteiger partial charge in [-0.25, -0.2) is 17.6 Å². The second kappa shape index (κ2) is 12.9. The summed E-state index contributed by atoms with van der Waals surface area (Å²) in [7, 11) is 0. The molecule has 0 spiro atoms. The summed E-state index contributed by atoms with van der Waals surface area (Å²) in [6, 6.07) is 0. The molecule has 0 N–H and O–H groups in total. The van der Waals surface area contributed by atoms with Crippen LogP contribution in [0.15, 0.2) is 0 Å². The number of alkyl halides is 4. The van der Waals surface area contributed by atoms with E-state index in [1.165, 1.54) is 19.3 Å². The number of ether oxygens (including phenoxy) is 2. The number of hydrogen-bond acceptors (Lipinski definition) is 2. The fourth-order valence-corrected chi connectivity index (χ4v) is 2.58. The minimum atomic E-state index is -1.11. The highest BCUT2D eigenvalue weighted by atomic mass is 19.2. The number of hydrogen-bond donors (Lipinski definition) is 0. The third-order valence-electron chi connectivity index (χ3n) is 4.71. The lowest BCUT2D eigenvalue weighted by Gasteiger charge is -2.18. The lowest BCUT2D eigenvalue weighted by molar-refractivity contribution is 0.0406. The van der Waals surface area contributed by atoms with E-state index in [-0.39, 0.29) is 25.2 Å². The molecule has 0 amide bonds. The lowest BCUT2D eigenvalue weighted by Crippen LogP contribution is -2.10. The van der Waals surface area contributed by atoms with Gasteiger partial charge in [0.2, 0.25) is 0 Å². The van der Waals surface area contributed by atoms with Gasteiger partial charge in [0.25, 0.3) is 0 Å². The van der Waals surface area contributed by atoms with Crippen LogP contribution in [0.5, 0.6) is 0 Å². The molecule has 2 aliphatic carbocycles. The Labute approximate surface area is 156 Å². The Morgan fingerprint density at radius 3 is 1.23 bits per heavy atom. The maximum atomic E-state index is 12.6. The number of halogens is 4. The average molecular weight is 384 g/mol. The van der Waals surface area contributed by atoms with E-state index in [0.29, 0.717) is 19.4 Å². The van der Waals surface area contributed by atoms with Crippen LogP contribution >= 0.6 is 0 Å². The van der Waals surface area contributed by atoms with Crippen molar-refractivity contribution >= 4 is 0 Å². The number of rotatable bonds is 0. The highest BCUT2D eigenvalue weighted by Crippen LogP contribution is 2.24. The van der Waals surface area contributed by atoms with Crippen LogP contribution in [0.3, 0.4) is 0 Å². The molecule has 26 heavy (non-hydrogen) atoms. The van der Waals surface area contributed by atoms with Crippen LogP contribution in [0, 0.1) is 5.92 Å². The van der Waals surface area contributed by atoms with Crippen molar-refractivity contribution in [1.29, 1.82) is 0 Å². The van der Waals surface area contributed by atoms with Gasteiger partial charge in [0.05, 0.1) is 25.4 Å². The molecule has 0 radical (unpaired) electrons. The molecular weight excluding hydrogens is 348 g/mol. The monoisotopic (exact) mass is 384 g/mol. The van der Waals surface area contributed by atoms with E-state index in [1.807, 2.05) is 6.92 Å². The molecule has 5 atom stereocenters. The Kier molecular flexibility index (Phi) is 11.8. The SMILES string of the molecule is CC1CC(F)CC(F)CO1.CC1CC(F)CO1.CC1CCC1.FC1CC1.